The SMILES string of the molecule is Cc1c(-c2ccccc2)oc2c(C(=O)N3c4ccccc4C[C@H]3C)cccc2c1=O. The van der Waals surface area contributed by atoms with Gasteiger partial charge in [0.05, 0.1) is 10.9 Å². The van der Waals surface area contributed by atoms with Gasteiger partial charge in [0.2, 0.25) is 0 Å². The molecular formula is C26H21NO3. The molecule has 0 fully saturated rings. The first-order chi connectivity index (χ1) is 14.6. The second-order valence-electron chi connectivity index (χ2n) is 7.79. The lowest BCUT2D eigenvalue weighted by molar-refractivity contribution is 0.0982. The Hall–Kier alpha value is -3.66. The number of carbonyl (C=O) groups is 1. The predicted octanol–water partition coefficient (Wildman–Crippen LogP) is 5.36. The summed E-state index contributed by atoms with van der Waals surface area (Å²) in [6, 6.07) is 22.7. The lowest BCUT2D eigenvalue weighted by Gasteiger charge is -2.23. The number of amides is 1. The molecule has 0 unspecified atom stereocenters. The number of rotatable bonds is 2. The van der Waals surface area contributed by atoms with Gasteiger partial charge in [-0.05, 0) is 44.0 Å². The molecule has 2 heterocycles. The molecule has 1 aliphatic rings. The Labute approximate surface area is 174 Å². The molecule has 0 aliphatic carbocycles. The fourth-order valence-electron chi connectivity index (χ4n) is 4.35. The molecule has 0 spiro atoms. The smallest absolute Gasteiger partial charge is 0.262 e. The Morgan fingerprint density at radius 2 is 1.70 bits per heavy atom. The van der Waals surface area contributed by atoms with E-state index in [0.717, 1.165) is 23.2 Å². The summed E-state index contributed by atoms with van der Waals surface area (Å²) in [4.78, 5) is 28.5. The average molecular weight is 395 g/mol. The van der Waals surface area contributed by atoms with Crippen molar-refractivity contribution >= 4 is 22.6 Å². The molecule has 3 aromatic carbocycles. The summed E-state index contributed by atoms with van der Waals surface area (Å²) >= 11 is 0. The van der Waals surface area contributed by atoms with Gasteiger partial charge in [0.1, 0.15) is 5.76 Å². The topological polar surface area (TPSA) is 50.5 Å². The van der Waals surface area contributed by atoms with E-state index in [0.29, 0.717) is 27.9 Å². The average Bonchev–Trinajstić information content (AvgIpc) is 3.11. The maximum atomic E-state index is 13.6. The van der Waals surface area contributed by atoms with Gasteiger partial charge >= 0.3 is 0 Å². The Morgan fingerprint density at radius 1 is 0.967 bits per heavy atom. The van der Waals surface area contributed by atoms with E-state index in [-0.39, 0.29) is 17.4 Å². The first-order valence-corrected chi connectivity index (χ1v) is 10.1. The molecule has 1 amide bonds. The highest BCUT2D eigenvalue weighted by atomic mass is 16.3. The van der Waals surface area contributed by atoms with Crippen molar-refractivity contribution in [3.63, 3.8) is 0 Å². The van der Waals surface area contributed by atoms with Crippen LogP contribution in [0.1, 0.15) is 28.4 Å². The van der Waals surface area contributed by atoms with E-state index in [2.05, 4.69) is 6.07 Å². The van der Waals surface area contributed by atoms with Gasteiger partial charge in [-0.3, -0.25) is 9.59 Å². The molecule has 1 aromatic heterocycles. The van der Waals surface area contributed by atoms with Gasteiger partial charge in [0.25, 0.3) is 5.91 Å². The maximum Gasteiger partial charge on any atom is 0.262 e. The van der Waals surface area contributed by atoms with Crippen LogP contribution in [0.25, 0.3) is 22.3 Å². The Bertz CT molecular complexity index is 1340. The van der Waals surface area contributed by atoms with Gasteiger partial charge in [-0.15, -0.1) is 0 Å². The molecule has 0 radical (unpaired) electrons. The molecule has 0 bridgehead atoms. The van der Waals surface area contributed by atoms with Gasteiger partial charge in [-0.1, -0.05) is 54.6 Å². The normalized spacial score (nSPS) is 15.4. The predicted molar refractivity (Wildman–Crippen MR) is 119 cm³/mol. The van der Waals surface area contributed by atoms with Crippen molar-refractivity contribution in [2.45, 2.75) is 26.3 Å². The maximum absolute atomic E-state index is 13.6. The van der Waals surface area contributed by atoms with Gasteiger partial charge in [0.15, 0.2) is 11.0 Å². The van der Waals surface area contributed by atoms with E-state index in [9.17, 15) is 9.59 Å². The minimum absolute atomic E-state index is 0.0379. The number of hydrogen-bond donors (Lipinski definition) is 0. The molecule has 1 aliphatic heterocycles. The first-order valence-electron chi connectivity index (χ1n) is 10.1. The van der Waals surface area contributed by atoms with Crippen LogP contribution in [0.3, 0.4) is 0 Å². The number of nitrogens with zero attached hydrogens (tertiary/aromatic N) is 1. The largest absolute Gasteiger partial charge is 0.455 e. The molecule has 0 N–H and O–H groups in total. The van der Waals surface area contributed by atoms with Crippen molar-refractivity contribution in [2.24, 2.45) is 0 Å². The standard InChI is InChI=1S/C26H21NO3/c1-16-15-19-11-6-7-14-22(19)27(16)26(29)21-13-8-12-20-23(28)17(2)24(30-25(20)21)18-9-4-3-5-10-18/h3-14,16H,15H2,1-2H3/t16-/m1/s1. The molecule has 0 saturated carbocycles. The highest BCUT2D eigenvalue weighted by Gasteiger charge is 2.32. The molecule has 4 nitrogen and oxygen atoms in total. The molecule has 4 heteroatoms. The van der Waals surface area contributed by atoms with E-state index in [4.69, 9.17) is 4.42 Å². The van der Waals surface area contributed by atoms with Crippen molar-refractivity contribution in [1.82, 2.24) is 0 Å². The highest BCUT2D eigenvalue weighted by molar-refractivity contribution is 6.13. The number of fused-ring (bicyclic) bond motifs is 2. The monoisotopic (exact) mass is 395 g/mol. The summed E-state index contributed by atoms with van der Waals surface area (Å²) in [6.07, 6.45) is 0.811. The number of anilines is 1. The minimum Gasteiger partial charge on any atom is -0.455 e. The van der Waals surface area contributed by atoms with Crippen molar-refractivity contribution in [2.75, 3.05) is 4.90 Å². The molecule has 0 saturated heterocycles. The van der Waals surface area contributed by atoms with E-state index >= 15 is 0 Å². The van der Waals surface area contributed by atoms with Crippen molar-refractivity contribution in [3.8, 4) is 11.3 Å². The van der Waals surface area contributed by atoms with Gasteiger partial charge < -0.3 is 9.32 Å². The van der Waals surface area contributed by atoms with Gasteiger partial charge in [-0.25, -0.2) is 0 Å². The number of carbonyl (C=O) groups excluding carboxylic acids is 1. The van der Waals surface area contributed by atoms with E-state index < -0.39 is 0 Å². The summed E-state index contributed by atoms with van der Waals surface area (Å²) in [5.41, 5.74) is 4.07. The Morgan fingerprint density at radius 3 is 2.50 bits per heavy atom. The fraction of sp³-hybridized carbons (Fsp3) is 0.154. The highest BCUT2D eigenvalue weighted by Crippen LogP contribution is 2.35. The molecule has 30 heavy (non-hydrogen) atoms. The van der Waals surface area contributed by atoms with Crippen LogP contribution in [0.5, 0.6) is 0 Å². The quantitative estimate of drug-likeness (QED) is 0.459. The number of hydrogen-bond acceptors (Lipinski definition) is 3. The number of para-hydroxylation sites is 2. The van der Waals surface area contributed by atoms with Crippen LogP contribution in [-0.4, -0.2) is 11.9 Å². The molecule has 5 rings (SSSR count). The van der Waals surface area contributed by atoms with E-state index in [1.54, 1.807) is 25.1 Å². The van der Waals surface area contributed by atoms with Crippen molar-refractivity contribution in [3.05, 3.63) is 99.7 Å². The van der Waals surface area contributed by atoms with Crippen LogP contribution >= 0.6 is 0 Å². The summed E-state index contributed by atoms with van der Waals surface area (Å²) in [5, 5.41) is 0.429. The molecule has 1 atom stereocenters. The minimum atomic E-state index is -0.149. The first kappa shape index (κ1) is 18.4. The lowest BCUT2D eigenvalue weighted by atomic mass is 10.0. The van der Waals surface area contributed by atoms with E-state index in [1.807, 2.05) is 60.4 Å². The third-order valence-corrected chi connectivity index (χ3v) is 5.84. The molecule has 4 aromatic rings. The van der Waals surface area contributed by atoms with Crippen LogP contribution in [0, 0.1) is 6.92 Å². The van der Waals surface area contributed by atoms with E-state index in [1.165, 1.54) is 0 Å². The summed E-state index contributed by atoms with van der Waals surface area (Å²) in [7, 11) is 0. The Balaban J connectivity index is 1.72. The second-order valence-corrected chi connectivity index (χ2v) is 7.79. The van der Waals surface area contributed by atoms with Crippen LogP contribution in [0.2, 0.25) is 0 Å². The summed E-state index contributed by atoms with van der Waals surface area (Å²) < 4.78 is 6.25. The van der Waals surface area contributed by atoms with Crippen molar-refractivity contribution < 1.29 is 9.21 Å². The third-order valence-electron chi connectivity index (χ3n) is 5.84. The van der Waals surface area contributed by atoms with Crippen LogP contribution < -0.4 is 10.3 Å². The van der Waals surface area contributed by atoms with Crippen molar-refractivity contribution in [1.29, 1.82) is 0 Å². The van der Waals surface area contributed by atoms with Crippen LogP contribution in [-0.2, 0) is 6.42 Å². The lowest BCUT2D eigenvalue weighted by Crippen LogP contribution is -2.35. The Kier molecular flexibility index (Phi) is 4.28. The molecular weight excluding hydrogens is 374 g/mol. The van der Waals surface area contributed by atoms with Gasteiger partial charge in [0, 0.05) is 22.9 Å². The van der Waals surface area contributed by atoms with Crippen LogP contribution in [0.15, 0.2) is 82.0 Å². The zero-order valence-corrected chi connectivity index (χ0v) is 16.9. The zero-order chi connectivity index (χ0) is 20.8. The third kappa shape index (κ3) is 2.76. The van der Waals surface area contributed by atoms with Crippen LogP contribution in [0.4, 0.5) is 5.69 Å². The molecule has 148 valence electrons. The summed E-state index contributed by atoms with van der Waals surface area (Å²) in [5.74, 6) is 0.354. The second kappa shape index (κ2) is 6.99. The van der Waals surface area contributed by atoms with Gasteiger partial charge in [-0.2, -0.15) is 0 Å². The summed E-state index contributed by atoms with van der Waals surface area (Å²) in [6.45, 7) is 3.81. The fourth-order valence-corrected chi connectivity index (χ4v) is 4.35. The zero-order valence-electron chi connectivity index (χ0n) is 16.9. The number of benzene rings is 3.